The normalized spacial score (nSPS) is 25.8. The number of nitrogens with one attached hydrogen (secondary N) is 1. The molecule has 0 aromatic heterocycles. The van der Waals surface area contributed by atoms with Crippen molar-refractivity contribution < 1.29 is 0 Å². The van der Waals surface area contributed by atoms with Crippen LogP contribution in [0.1, 0.15) is 26.7 Å². The lowest BCUT2D eigenvalue weighted by Gasteiger charge is -2.21. The van der Waals surface area contributed by atoms with E-state index in [-0.39, 0.29) is 0 Å². The molecule has 74 valence electrons. The summed E-state index contributed by atoms with van der Waals surface area (Å²) in [7, 11) is 0. The van der Waals surface area contributed by atoms with Crippen molar-refractivity contribution in [2.45, 2.75) is 38.8 Å². The van der Waals surface area contributed by atoms with Gasteiger partial charge in [-0.3, -0.25) is 4.90 Å². The van der Waals surface area contributed by atoms with E-state index in [1.807, 2.05) is 0 Å². The van der Waals surface area contributed by atoms with Gasteiger partial charge >= 0.3 is 0 Å². The number of terminal acetylenes is 1. The van der Waals surface area contributed by atoms with Gasteiger partial charge in [0.15, 0.2) is 0 Å². The third-order valence-corrected chi connectivity index (χ3v) is 2.73. The standard InChI is InChI=1S/C11H20N2/c1-4-11(5-2)13-8-7-10(9-13)12-6-3/h1,10-12H,5-9H2,2-3H3. The molecule has 0 aliphatic carbocycles. The van der Waals surface area contributed by atoms with E-state index in [1.54, 1.807) is 0 Å². The van der Waals surface area contributed by atoms with Crippen LogP contribution in [0.4, 0.5) is 0 Å². The van der Waals surface area contributed by atoms with Gasteiger partial charge in [0.1, 0.15) is 0 Å². The highest BCUT2D eigenvalue weighted by atomic mass is 15.2. The van der Waals surface area contributed by atoms with Crippen LogP contribution in [-0.2, 0) is 0 Å². The molecule has 0 amide bonds. The molecule has 2 nitrogen and oxygen atoms in total. The van der Waals surface area contributed by atoms with Gasteiger partial charge in [-0.05, 0) is 19.4 Å². The molecule has 2 heteroatoms. The van der Waals surface area contributed by atoms with Crippen LogP contribution in [0.3, 0.4) is 0 Å². The lowest BCUT2D eigenvalue weighted by atomic mass is 10.2. The SMILES string of the molecule is C#CC(CC)N1CCC(NCC)C1. The first-order valence-corrected chi connectivity index (χ1v) is 5.25. The van der Waals surface area contributed by atoms with E-state index < -0.39 is 0 Å². The van der Waals surface area contributed by atoms with Crippen LogP contribution in [0.25, 0.3) is 0 Å². The van der Waals surface area contributed by atoms with Gasteiger partial charge in [0, 0.05) is 19.1 Å². The molecule has 1 rings (SSSR count). The van der Waals surface area contributed by atoms with Gasteiger partial charge in [-0.1, -0.05) is 19.8 Å². The molecule has 0 radical (unpaired) electrons. The molecule has 1 aliphatic rings. The van der Waals surface area contributed by atoms with Gasteiger partial charge in [-0.15, -0.1) is 6.42 Å². The molecular formula is C11H20N2. The zero-order valence-electron chi connectivity index (χ0n) is 8.71. The largest absolute Gasteiger partial charge is 0.313 e. The number of likely N-dealkylation sites (tertiary alicyclic amines) is 1. The average Bonchev–Trinajstić information content (AvgIpc) is 2.56. The second kappa shape index (κ2) is 5.26. The Morgan fingerprint density at radius 3 is 2.92 bits per heavy atom. The minimum Gasteiger partial charge on any atom is -0.313 e. The van der Waals surface area contributed by atoms with Gasteiger partial charge in [0.25, 0.3) is 0 Å². The molecule has 1 aliphatic heterocycles. The third-order valence-electron chi connectivity index (χ3n) is 2.73. The highest BCUT2D eigenvalue weighted by molar-refractivity contribution is 5.01. The monoisotopic (exact) mass is 180 g/mol. The smallest absolute Gasteiger partial charge is 0.0709 e. The Hall–Kier alpha value is -0.520. The molecule has 13 heavy (non-hydrogen) atoms. The van der Waals surface area contributed by atoms with Crippen molar-refractivity contribution in [3.05, 3.63) is 0 Å². The predicted molar refractivity (Wildman–Crippen MR) is 56.6 cm³/mol. The van der Waals surface area contributed by atoms with Gasteiger partial charge in [0.05, 0.1) is 6.04 Å². The maximum Gasteiger partial charge on any atom is 0.0709 e. The summed E-state index contributed by atoms with van der Waals surface area (Å²) >= 11 is 0. The van der Waals surface area contributed by atoms with Crippen molar-refractivity contribution in [1.29, 1.82) is 0 Å². The second-order valence-electron chi connectivity index (χ2n) is 3.63. The lowest BCUT2D eigenvalue weighted by molar-refractivity contribution is 0.278. The molecule has 0 aromatic rings. The summed E-state index contributed by atoms with van der Waals surface area (Å²) in [6.45, 7) is 7.65. The summed E-state index contributed by atoms with van der Waals surface area (Å²) in [4.78, 5) is 2.41. The van der Waals surface area contributed by atoms with Crippen molar-refractivity contribution >= 4 is 0 Å². The minimum atomic E-state index is 0.351. The van der Waals surface area contributed by atoms with Gasteiger partial charge in [0.2, 0.25) is 0 Å². The number of likely N-dealkylation sites (N-methyl/N-ethyl adjacent to an activating group) is 1. The van der Waals surface area contributed by atoms with Crippen molar-refractivity contribution in [3.8, 4) is 12.3 Å². The summed E-state index contributed by atoms with van der Waals surface area (Å²) in [5.41, 5.74) is 0. The fraction of sp³-hybridized carbons (Fsp3) is 0.818. The first-order chi connectivity index (χ1) is 6.31. The molecule has 1 N–H and O–H groups in total. The van der Waals surface area contributed by atoms with Crippen LogP contribution in [0.15, 0.2) is 0 Å². The van der Waals surface area contributed by atoms with Crippen molar-refractivity contribution in [1.82, 2.24) is 10.2 Å². The zero-order chi connectivity index (χ0) is 9.68. The minimum absolute atomic E-state index is 0.351. The number of hydrogen-bond acceptors (Lipinski definition) is 2. The van der Waals surface area contributed by atoms with Crippen molar-refractivity contribution in [2.75, 3.05) is 19.6 Å². The third kappa shape index (κ3) is 2.72. The van der Waals surface area contributed by atoms with Crippen LogP contribution in [0, 0.1) is 12.3 Å². The molecular weight excluding hydrogens is 160 g/mol. The summed E-state index contributed by atoms with van der Waals surface area (Å²) in [6.07, 6.45) is 7.78. The summed E-state index contributed by atoms with van der Waals surface area (Å²) in [5.74, 6) is 2.85. The van der Waals surface area contributed by atoms with Crippen LogP contribution in [-0.4, -0.2) is 36.6 Å². The maximum atomic E-state index is 5.47. The maximum absolute atomic E-state index is 5.47. The molecule has 0 aromatic carbocycles. The number of rotatable bonds is 4. The van der Waals surface area contributed by atoms with E-state index in [0.29, 0.717) is 12.1 Å². The van der Waals surface area contributed by atoms with Gasteiger partial charge in [-0.25, -0.2) is 0 Å². The van der Waals surface area contributed by atoms with Crippen molar-refractivity contribution in [3.63, 3.8) is 0 Å². The summed E-state index contributed by atoms with van der Waals surface area (Å²) < 4.78 is 0. The van der Waals surface area contributed by atoms with Gasteiger partial charge in [-0.2, -0.15) is 0 Å². The Bertz CT molecular complexity index is 183. The van der Waals surface area contributed by atoms with E-state index in [4.69, 9.17) is 6.42 Å². The zero-order valence-corrected chi connectivity index (χ0v) is 8.71. The number of hydrogen-bond donors (Lipinski definition) is 1. The summed E-state index contributed by atoms with van der Waals surface area (Å²) in [5, 5.41) is 3.47. The molecule has 2 unspecified atom stereocenters. The van der Waals surface area contributed by atoms with Gasteiger partial charge < -0.3 is 5.32 Å². The van der Waals surface area contributed by atoms with E-state index in [0.717, 1.165) is 26.1 Å². The quantitative estimate of drug-likeness (QED) is 0.651. The molecule has 2 atom stereocenters. The highest BCUT2D eigenvalue weighted by Gasteiger charge is 2.25. The molecule has 1 saturated heterocycles. The number of nitrogens with zero attached hydrogens (tertiary/aromatic N) is 1. The molecule has 1 heterocycles. The first kappa shape index (κ1) is 10.6. The van der Waals surface area contributed by atoms with Crippen LogP contribution < -0.4 is 5.32 Å². The molecule has 1 fully saturated rings. The Balaban J connectivity index is 2.36. The fourth-order valence-electron chi connectivity index (χ4n) is 2.01. The fourth-order valence-corrected chi connectivity index (χ4v) is 2.01. The highest BCUT2D eigenvalue weighted by Crippen LogP contribution is 2.14. The van der Waals surface area contributed by atoms with E-state index in [1.165, 1.54) is 6.42 Å². The van der Waals surface area contributed by atoms with Crippen LogP contribution >= 0.6 is 0 Å². The van der Waals surface area contributed by atoms with E-state index in [2.05, 4.69) is 30.0 Å². The summed E-state index contributed by atoms with van der Waals surface area (Å²) in [6, 6.07) is 1.01. The second-order valence-corrected chi connectivity index (χ2v) is 3.63. The van der Waals surface area contributed by atoms with Crippen LogP contribution in [0.2, 0.25) is 0 Å². The molecule has 0 spiro atoms. The Labute approximate surface area is 81.7 Å². The molecule has 0 bridgehead atoms. The molecule has 0 saturated carbocycles. The van der Waals surface area contributed by atoms with E-state index >= 15 is 0 Å². The first-order valence-electron chi connectivity index (χ1n) is 5.25. The lowest BCUT2D eigenvalue weighted by Crippen LogP contribution is -2.36. The Kier molecular flexibility index (Phi) is 4.27. The Morgan fingerprint density at radius 2 is 2.38 bits per heavy atom. The topological polar surface area (TPSA) is 15.3 Å². The predicted octanol–water partition coefficient (Wildman–Crippen LogP) is 1.08. The van der Waals surface area contributed by atoms with Crippen LogP contribution in [0.5, 0.6) is 0 Å². The average molecular weight is 180 g/mol. The Morgan fingerprint density at radius 1 is 1.62 bits per heavy atom. The van der Waals surface area contributed by atoms with Crippen molar-refractivity contribution in [2.24, 2.45) is 0 Å². The van der Waals surface area contributed by atoms with E-state index in [9.17, 15) is 0 Å².